The predicted octanol–water partition coefficient (Wildman–Crippen LogP) is 0.186. The minimum Gasteiger partial charge on any atom is -0.396 e. The van der Waals surface area contributed by atoms with Gasteiger partial charge in [0.05, 0.1) is 0 Å². The van der Waals surface area contributed by atoms with Crippen molar-refractivity contribution < 1.29 is 14.6 Å². The number of amides is 1. The SMILES string of the molecule is COCC(=O)N1C[C@@H](CN2CCCCC2)[C@@H](CO)C1. The van der Waals surface area contributed by atoms with E-state index in [9.17, 15) is 9.90 Å². The first-order valence-corrected chi connectivity index (χ1v) is 7.34. The number of carbonyl (C=O) groups is 1. The molecule has 2 rings (SSSR count). The topological polar surface area (TPSA) is 53.0 Å². The van der Waals surface area contributed by atoms with Crippen LogP contribution < -0.4 is 0 Å². The summed E-state index contributed by atoms with van der Waals surface area (Å²) in [4.78, 5) is 16.2. The fourth-order valence-electron chi connectivity index (χ4n) is 3.24. The number of carbonyl (C=O) groups excluding carboxylic acids is 1. The van der Waals surface area contributed by atoms with Crippen LogP contribution in [0.1, 0.15) is 19.3 Å². The van der Waals surface area contributed by atoms with Crippen molar-refractivity contribution in [3.05, 3.63) is 0 Å². The average Bonchev–Trinajstić information content (AvgIpc) is 2.83. The van der Waals surface area contributed by atoms with Gasteiger partial charge < -0.3 is 19.6 Å². The molecule has 0 spiro atoms. The van der Waals surface area contributed by atoms with Gasteiger partial charge in [-0.05, 0) is 31.8 Å². The summed E-state index contributed by atoms with van der Waals surface area (Å²) >= 11 is 0. The molecule has 0 radical (unpaired) electrons. The second-order valence-electron chi connectivity index (χ2n) is 5.80. The second-order valence-corrected chi connectivity index (χ2v) is 5.80. The highest BCUT2D eigenvalue weighted by molar-refractivity contribution is 5.77. The van der Waals surface area contributed by atoms with Gasteiger partial charge in [0.1, 0.15) is 6.61 Å². The lowest BCUT2D eigenvalue weighted by atomic mass is 9.95. The van der Waals surface area contributed by atoms with E-state index in [4.69, 9.17) is 4.74 Å². The fourth-order valence-corrected chi connectivity index (χ4v) is 3.24. The molecule has 0 bridgehead atoms. The highest BCUT2D eigenvalue weighted by Gasteiger charge is 2.35. The predicted molar refractivity (Wildman–Crippen MR) is 72.8 cm³/mol. The van der Waals surface area contributed by atoms with Crippen molar-refractivity contribution >= 4 is 5.91 Å². The minimum atomic E-state index is 0.0436. The molecular formula is C14H26N2O3. The molecule has 0 saturated carbocycles. The first kappa shape index (κ1) is 14.8. The van der Waals surface area contributed by atoms with Crippen LogP contribution in [0.25, 0.3) is 0 Å². The number of ether oxygens (including phenoxy) is 1. The third-order valence-corrected chi connectivity index (χ3v) is 4.37. The van der Waals surface area contributed by atoms with Gasteiger partial charge in [-0.3, -0.25) is 4.79 Å². The minimum absolute atomic E-state index is 0.0436. The maximum atomic E-state index is 11.9. The van der Waals surface area contributed by atoms with Gasteiger partial charge in [0.25, 0.3) is 0 Å². The molecule has 1 amide bonds. The molecule has 110 valence electrons. The summed E-state index contributed by atoms with van der Waals surface area (Å²) in [6.07, 6.45) is 3.90. The first-order valence-electron chi connectivity index (χ1n) is 7.34. The molecule has 2 aliphatic rings. The van der Waals surface area contributed by atoms with Gasteiger partial charge in [0.15, 0.2) is 0 Å². The van der Waals surface area contributed by atoms with Crippen molar-refractivity contribution in [2.75, 3.05) is 53.0 Å². The van der Waals surface area contributed by atoms with E-state index >= 15 is 0 Å². The molecule has 5 nitrogen and oxygen atoms in total. The van der Waals surface area contributed by atoms with E-state index in [0.717, 1.165) is 13.1 Å². The molecule has 5 heteroatoms. The Morgan fingerprint density at radius 3 is 2.53 bits per heavy atom. The molecule has 1 N–H and O–H groups in total. The molecule has 19 heavy (non-hydrogen) atoms. The summed E-state index contributed by atoms with van der Waals surface area (Å²) in [5.74, 6) is 0.675. The molecule has 0 aliphatic carbocycles. The molecule has 2 atom stereocenters. The number of rotatable bonds is 5. The van der Waals surface area contributed by atoms with E-state index < -0.39 is 0 Å². The van der Waals surface area contributed by atoms with Crippen LogP contribution in [0, 0.1) is 11.8 Å². The Hall–Kier alpha value is -0.650. The van der Waals surface area contributed by atoms with Crippen LogP contribution in [-0.4, -0.2) is 73.9 Å². The summed E-state index contributed by atoms with van der Waals surface area (Å²) in [5, 5.41) is 9.51. The summed E-state index contributed by atoms with van der Waals surface area (Å²) in [6, 6.07) is 0. The molecule has 0 aromatic rings. The Bertz CT molecular complexity index is 292. The van der Waals surface area contributed by atoms with Gasteiger partial charge in [-0.2, -0.15) is 0 Å². The number of aliphatic hydroxyl groups excluding tert-OH is 1. The van der Waals surface area contributed by atoms with E-state index in [1.165, 1.54) is 32.4 Å². The standard InChI is InChI=1S/C14H26N2O3/c1-19-11-14(18)16-8-12(13(9-16)10-17)7-15-5-3-2-4-6-15/h12-13,17H,2-11H2,1H3/t12-,13-/m1/s1. The first-order chi connectivity index (χ1) is 9.24. The van der Waals surface area contributed by atoms with Gasteiger partial charge >= 0.3 is 0 Å². The zero-order chi connectivity index (χ0) is 13.7. The summed E-state index contributed by atoms with van der Waals surface area (Å²) in [6.45, 7) is 5.12. The van der Waals surface area contributed by atoms with Crippen LogP contribution in [0.2, 0.25) is 0 Å². The molecule has 0 unspecified atom stereocenters. The molecule has 2 aliphatic heterocycles. The molecule has 2 fully saturated rings. The zero-order valence-electron chi connectivity index (χ0n) is 11.9. The number of piperidine rings is 1. The second kappa shape index (κ2) is 7.22. The van der Waals surface area contributed by atoms with Crippen molar-refractivity contribution in [2.24, 2.45) is 11.8 Å². The van der Waals surface area contributed by atoms with Crippen molar-refractivity contribution in [3.63, 3.8) is 0 Å². The Balaban J connectivity index is 1.86. The van der Waals surface area contributed by atoms with E-state index in [1.54, 1.807) is 7.11 Å². The maximum Gasteiger partial charge on any atom is 0.248 e. The number of nitrogens with zero attached hydrogens (tertiary/aromatic N) is 2. The van der Waals surface area contributed by atoms with Crippen molar-refractivity contribution in [3.8, 4) is 0 Å². The quantitative estimate of drug-likeness (QED) is 0.774. The highest BCUT2D eigenvalue weighted by Crippen LogP contribution is 2.25. The molecule has 0 aromatic heterocycles. The summed E-state index contributed by atoms with van der Waals surface area (Å²) < 4.78 is 4.91. The van der Waals surface area contributed by atoms with Crippen molar-refractivity contribution in [1.29, 1.82) is 0 Å². The molecular weight excluding hydrogens is 244 g/mol. The van der Waals surface area contributed by atoms with Gasteiger partial charge in [0.2, 0.25) is 5.91 Å². The number of methoxy groups -OCH3 is 1. The normalized spacial score (nSPS) is 28.8. The molecule has 0 aromatic carbocycles. The van der Waals surface area contributed by atoms with Crippen LogP contribution in [0.15, 0.2) is 0 Å². The van der Waals surface area contributed by atoms with Crippen LogP contribution in [0.5, 0.6) is 0 Å². The van der Waals surface area contributed by atoms with Gasteiger partial charge in [0, 0.05) is 39.3 Å². The monoisotopic (exact) mass is 270 g/mol. The Morgan fingerprint density at radius 2 is 1.89 bits per heavy atom. The number of hydrogen-bond acceptors (Lipinski definition) is 4. The van der Waals surface area contributed by atoms with Crippen LogP contribution >= 0.6 is 0 Å². The number of likely N-dealkylation sites (tertiary alicyclic amines) is 2. The van der Waals surface area contributed by atoms with Gasteiger partial charge in [-0.25, -0.2) is 0 Å². The number of aliphatic hydroxyl groups is 1. The molecule has 2 heterocycles. The lowest BCUT2D eigenvalue weighted by Crippen LogP contribution is -2.37. The van der Waals surface area contributed by atoms with E-state index in [2.05, 4.69) is 4.90 Å². The fraction of sp³-hybridized carbons (Fsp3) is 0.929. The van der Waals surface area contributed by atoms with Crippen molar-refractivity contribution in [2.45, 2.75) is 19.3 Å². The maximum absolute atomic E-state index is 11.9. The largest absolute Gasteiger partial charge is 0.396 e. The summed E-state index contributed by atoms with van der Waals surface area (Å²) in [5.41, 5.74) is 0. The lowest BCUT2D eigenvalue weighted by Gasteiger charge is -2.30. The molecule has 2 saturated heterocycles. The summed E-state index contributed by atoms with van der Waals surface area (Å²) in [7, 11) is 1.54. The van der Waals surface area contributed by atoms with E-state index in [-0.39, 0.29) is 25.0 Å². The Labute approximate surface area is 115 Å². The lowest BCUT2D eigenvalue weighted by molar-refractivity contribution is -0.134. The smallest absolute Gasteiger partial charge is 0.248 e. The Kier molecular flexibility index (Phi) is 5.60. The van der Waals surface area contributed by atoms with Crippen LogP contribution in [0.3, 0.4) is 0 Å². The Morgan fingerprint density at radius 1 is 1.21 bits per heavy atom. The van der Waals surface area contributed by atoms with Crippen molar-refractivity contribution in [1.82, 2.24) is 9.80 Å². The third-order valence-electron chi connectivity index (χ3n) is 4.37. The van der Waals surface area contributed by atoms with E-state index in [0.29, 0.717) is 12.5 Å². The van der Waals surface area contributed by atoms with Crippen LogP contribution in [0.4, 0.5) is 0 Å². The highest BCUT2D eigenvalue weighted by atomic mass is 16.5. The third kappa shape index (κ3) is 3.91. The van der Waals surface area contributed by atoms with Gasteiger partial charge in [-0.1, -0.05) is 6.42 Å². The van der Waals surface area contributed by atoms with Crippen LogP contribution in [-0.2, 0) is 9.53 Å². The van der Waals surface area contributed by atoms with E-state index in [1.807, 2.05) is 4.90 Å². The zero-order valence-corrected chi connectivity index (χ0v) is 11.9. The number of hydrogen-bond donors (Lipinski definition) is 1. The average molecular weight is 270 g/mol. The van der Waals surface area contributed by atoms with Gasteiger partial charge in [-0.15, -0.1) is 0 Å².